The molecule has 17 heavy (non-hydrogen) atoms. The van der Waals surface area contributed by atoms with Gasteiger partial charge in [0.2, 0.25) is 5.91 Å². The number of carbonyl (C=O) groups excluding carboxylic acids is 1. The standard InChI is InChI=1S/C14H28N2O/c1-11(14(2,3)4)16-13(17)12-9-7-5-6-8-10-15-12/h11-12,15H,5-10H2,1-4H3,(H,16,17). The first kappa shape index (κ1) is 14.5. The van der Waals surface area contributed by atoms with Crippen LogP contribution in [0.4, 0.5) is 0 Å². The second-order valence-electron chi connectivity index (χ2n) is 6.31. The average molecular weight is 240 g/mol. The van der Waals surface area contributed by atoms with Crippen LogP contribution in [0.15, 0.2) is 0 Å². The van der Waals surface area contributed by atoms with Crippen LogP contribution in [0.2, 0.25) is 0 Å². The zero-order valence-electron chi connectivity index (χ0n) is 11.8. The molecule has 3 heteroatoms. The Morgan fingerprint density at radius 1 is 1.24 bits per heavy atom. The van der Waals surface area contributed by atoms with Crippen LogP contribution >= 0.6 is 0 Å². The van der Waals surface area contributed by atoms with Crippen LogP contribution in [0.3, 0.4) is 0 Å². The van der Waals surface area contributed by atoms with Gasteiger partial charge >= 0.3 is 0 Å². The summed E-state index contributed by atoms with van der Waals surface area (Å²) in [4.78, 5) is 12.1. The van der Waals surface area contributed by atoms with Crippen molar-refractivity contribution in [1.82, 2.24) is 10.6 Å². The summed E-state index contributed by atoms with van der Waals surface area (Å²) in [7, 11) is 0. The fourth-order valence-electron chi connectivity index (χ4n) is 1.96. The van der Waals surface area contributed by atoms with Gasteiger partial charge < -0.3 is 10.6 Å². The Balaban J connectivity index is 2.44. The van der Waals surface area contributed by atoms with Crippen LogP contribution in [0.5, 0.6) is 0 Å². The third-order valence-electron chi connectivity index (χ3n) is 3.78. The highest BCUT2D eigenvalue weighted by Gasteiger charge is 2.25. The van der Waals surface area contributed by atoms with E-state index in [9.17, 15) is 4.79 Å². The minimum atomic E-state index is 0.0140. The van der Waals surface area contributed by atoms with Crippen molar-refractivity contribution in [2.24, 2.45) is 5.41 Å². The molecule has 2 unspecified atom stereocenters. The fraction of sp³-hybridized carbons (Fsp3) is 0.929. The molecule has 0 radical (unpaired) electrons. The average Bonchev–Trinajstić information content (AvgIpc) is 2.14. The number of hydrogen-bond donors (Lipinski definition) is 2. The third kappa shape index (κ3) is 5.07. The first-order chi connectivity index (χ1) is 7.91. The number of rotatable bonds is 2. The second kappa shape index (κ2) is 6.39. The van der Waals surface area contributed by atoms with Gasteiger partial charge in [-0.3, -0.25) is 4.79 Å². The molecular formula is C14H28N2O. The minimum absolute atomic E-state index is 0.0140. The molecule has 0 aliphatic carbocycles. The largest absolute Gasteiger partial charge is 0.352 e. The quantitative estimate of drug-likeness (QED) is 0.778. The molecule has 1 amide bonds. The summed E-state index contributed by atoms with van der Waals surface area (Å²) in [5, 5.41) is 6.50. The molecule has 0 spiro atoms. The van der Waals surface area contributed by atoms with Crippen LogP contribution in [-0.4, -0.2) is 24.5 Å². The smallest absolute Gasteiger partial charge is 0.237 e. The molecule has 0 aromatic carbocycles. The summed E-state index contributed by atoms with van der Waals surface area (Å²) in [5.74, 6) is 0.175. The van der Waals surface area contributed by atoms with Gasteiger partial charge in [-0.2, -0.15) is 0 Å². The highest BCUT2D eigenvalue weighted by atomic mass is 16.2. The lowest BCUT2D eigenvalue weighted by Gasteiger charge is -2.30. The molecule has 1 aliphatic heterocycles. The van der Waals surface area contributed by atoms with E-state index in [2.05, 4.69) is 38.3 Å². The summed E-state index contributed by atoms with van der Waals surface area (Å²) >= 11 is 0. The highest BCUT2D eigenvalue weighted by Crippen LogP contribution is 2.19. The Morgan fingerprint density at radius 2 is 1.88 bits per heavy atom. The molecule has 3 nitrogen and oxygen atoms in total. The summed E-state index contributed by atoms with van der Waals surface area (Å²) in [6, 6.07) is 0.224. The maximum absolute atomic E-state index is 12.1. The van der Waals surface area contributed by atoms with E-state index in [1.165, 1.54) is 19.3 Å². The minimum Gasteiger partial charge on any atom is -0.352 e. The van der Waals surface area contributed by atoms with Crippen molar-refractivity contribution >= 4 is 5.91 Å². The van der Waals surface area contributed by atoms with Gasteiger partial charge in [0.25, 0.3) is 0 Å². The van der Waals surface area contributed by atoms with Crippen LogP contribution in [0.1, 0.15) is 59.8 Å². The normalized spacial score (nSPS) is 24.6. The summed E-state index contributed by atoms with van der Waals surface area (Å²) < 4.78 is 0. The van der Waals surface area contributed by atoms with Crippen LogP contribution < -0.4 is 10.6 Å². The second-order valence-corrected chi connectivity index (χ2v) is 6.31. The first-order valence-corrected chi connectivity index (χ1v) is 6.95. The topological polar surface area (TPSA) is 41.1 Å². The molecule has 2 N–H and O–H groups in total. The first-order valence-electron chi connectivity index (χ1n) is 6.95. The zero-order valence-corrected chi connectivity index (χ0v) is 11.8. The lowest BCUT2D eigenvalue weighted by molar-refractivity contribution is -0.124. The summed E-state index contributed by atoms with van der Waals surface area (Å²) in [6.45, 7) is 9.53. The van der Waals surface area contributed by atoms with Crippen molar-refractivity contribution in [3.05, 3.63) is 0 Å². The number of amides is 1. The van der Waals surface area contributed by atoms with E-state index in [1.54, 1.807) is 0 Å². The number of carbonyl (C=O) groups is 1. The Kier molecular flexibility index (Phi) is 5.44. The maximum atomic E-state index is 12.1. The van der Waals surface area contributed by atoms with Gasteiger partial charge in [-0.25, -0.2) is 0 Å². The molecule has 100 valence electrons. The van der Waals surface area contributed by atoms with Crippen molar-refractivity contribution in [2.75, 3.05) is 6.54 Å². The Labute approximate surface area is 106 Å². The van der Waals surface area contributed by atoms with Crippen LogP contribution in [0.25, 0.3) is 0 Å². The number of hydrogen-bond acceptors (Lipinski definition) is 2. The van der Waals surface area contributed by atoms with Crippen molar-refractivity contribution < 1.29 is 4.79 Å². The molecule has 2 atom stereocenters. The lowest BCUT2D eigenvalue weighted by Crippen LogP contribution is -2.50. The van der Waals surface area contributed by atoms with Gasteiger partial charge in [-0.1, -0.05) is 40.0 Å². The Hall–Kier alpha value is -0.570. The van der Waals surface area contributed by atoms with Crippen molar-refractivity contribution in [3.8, 4) is 0 Å². The van der Waals surface area contributed by atoms with Gasteiger partial charge in [0.15, 0.2) is 0 Å². The molecule has 1 heterocycles. The highest BCUT2D eigenvalue weighted by molar-refractivity contribution is 5.82. The molecule has 1 aliphatic rings. The summed E-state index contributed by atoms with van der Waals surface area (Å²) in [6.07, 6.45) is 5.89. The van der Waals surface area contributed by atoms with E-state index in [4.69, 9.17) is 0 Å². The predicted molar refractivity (Wildman–Crippen MR) is 71.9 cm³/mol. The van der Waals surface area contributed by atoms with Crippen molar-refractivity contribution in [2.45, 2.75) is 71.9 Å². The van der Waals surface area contributed by atoms with Crippen LogP contribution in [-0.2, 0) is 4.79 Å². The van der Waals surface area contributed by atoms with Gasteiger partial charge in [0.05, 0.1) is 6.04 Å². The van der Waals surface area contributed by atoms with E-state index < -0.39 is 0 Å². The van der Waals surface area contributed by atoms with Crippen LogP contribution in [0, 0.1) is 5.41 Å². The van der Waals surface area contributed by atoms with E-state index in [1.807, 2.05) is 0 Å². The SMILES string of the molecule is CC(NC(=O)C1CCCCCCN1)C(C)(C)C. The predicted octanol–water partition coefficient (Wildman–Crippen LogP) is 2.46. The number of nitrogens with one attached hydrogen (secondary N) is 2. The van der Waals surface area contributed by atoms with Gasteiger partial charge in [0, 0.05) is 6.04 Å². The molecule has 0 aromatic heterocycles. The van der Waals surface area contributed by atoms with Gasteiger partial charge in [-0.15, -0.1) is 0 Å². The molecule has 0 saturated carbocycles. The Morgan fingerprint density at radius 3 is 2.53 bits per heavy atom. The fourth-order valence-corrected chi connectivity index (χ4v) is 1.96. The van der Waals surface area contributed by atoms with E-state index in [-0.39, 0.29) is 23.4 Å². The molecule has 1 rings (SSSR count). The molecule has 1 saturated heterocycles. The maximum Gasteiger partial charge on any atom is 0.237 e. The molecule has 0 bridgehead atoms. The lowest BCUT2D eigenvalue weighted by atomic mass is 9.88. The molecule has 0 aromatic rings. The van der Waals surface area contributed by atoms with Gasteiger partial charge in [0.1, 0.15) is 0 Å². The van der Waals surface area contributed by atoms with E-state index in [0.29, 0.717) is 0 Å². The van der Waals surface area contributed by atoms with E-state index >= 15 is 0 Å². The Bertz CT molecular complexity index is 237. The monoisotopic (exact) mass is 240 g/mol. The summed E-state index contributed by atoms with van der Waals surface area (Å²) in [5.41, 5.74) is 0.122. The van der Waals surface area contributed by atoms with Crippen molar-refractivity contribution in [3.63, 3.8) is 0 Å². The van der Waals surface area contributed by atoms with E-state index in [0.717, 1.165) is 19.4 Å². The van der Waals surface area contributed by atoms with Crippen molar-refractivity contribution in [1.29, 1.82) is 0 Å². The molecule has 1 fully saturated rings. The molecular weight excluding hydrogens is 212 g/mol. The van der Waals surface area contributed by atoms with Gasteiger partial charge in [-0.05, 0) is 31.7 Å². The zero-order chi connectivity index (χ0) is 12.9. The third-order valence-corrected chi connectivity index (χ3v) is 3.78.